The van der Waals surface area contributed by atoms with Crippen LogP contribution in [0.3, 0.4) is 0 Å². The van der Waals surface area contributed by atoms with Crippen LogP contribution in [0.2, 0.25) is 0 Å². The van der Waals surface area contributed by atoms with Gasteiger partial charge in [0.1, 0.15) is 29.1 Å². The third-order valence-electron chi connectivity index (χ3n) is 24.3. The lowest BCUT2D eigenvalue weighted by atomic mass is 9.81. The molecule has 12 aromatic heterocycles. The second kappa shape index (κ2) is 47.0. The summed E-state index contributed by atoms with van der Waals surface area (Å²) in [6.45, 7) is 61.3. The Balaban J connectivity index is 0.000000186. The molecular weight excluding hydrogens is 1970 g/mol. The van der Waals surface area contributed by atoms with E-state index in [2.05, 4.69) is 170 Å². The van der Waals surface area contributed by atoms with Crippen LogP contribution in [0.1, 0.15) is 290 Å². The van der Waals surface area contributed by atoms with Gasteiger partial charge in [0.25, 0.3) is 5.91 Å². The topological polar surface area (TPSA) is 464 Å². The van der Waals surface area contributed by atoms with Gasteiger partial charge in [-0.3, -0.25) is 49.0 Å². The van der Waals surface area contributed by atoms with Crippen LogP contribution >= 0.6 is 28.3 Å². The lowest BCUT2D eigenvalue weighted by molar-refractivity contribution is -0.142. The third-order valence-corrected chi connectivity index (χ3v) is 24.7. The number of amides is 2. The molecule has 45 heteroatoms. The Hall–Kier alpha value is -14.4. The highest BCUT2D eigenvalue weighted by molar-refractivity contribution is 9.10. The minimum atomic E-state index is -4.63. The van der Waals surface area contributed by atoms with E-state index in [1.165, 1.54) is 45.6 Å². The lowest BCUT2D eigenvalue weighted by Gasteiger charge is -2.32. The number of pyridine rings is 7. The third kappa shape index (κ3) is 31.8. The van der Waals surface area contributed by atoms with Crippen molar-refractivity contribution in [3.63, 3.8) is 0 Å². The Bertz CT molecular complexity index is 6730. The molecule has 0 aromatic carbocycles. The maximum Gasteiger partial charge on any atom is 0.489 e. The highest BCUT2D eigenvalue weighted by atomic mass is 79.9. The van der Waals surface area contributed by atoms with Crippen molar-refractivity contribution in [2.45, 2.75) is 256 Å². The van der Waals surface area contributed by atoms with E-state index in [0.717, 1.165) is 105 Å². The molecule has 0 unspecified atom stereocenters. The molecule has 0 radical (unpaired) electrons. The largest absolute Gasteiger partial charge is 0.489 e. The van der Waals surface area contributed by atoms with Gasteiger partial charge in [0, 0.05) is 147 Å². The second-order valence-electron chi connectivity index (χ2n) is 38.8. The highest BCUT2D eigenvalue weighted by Gasteiger charge is 2.52. The number of nitrogens with zero attached hydrogens (tertiary/aromatic N) is 21. The van der Waals surface area contributed by atoms with Gasteiger partial charge in [0.05, 0.1) is 47.3 Å². The first-order chi connectivity index (χ1) is 67.4. The van der Waals surface area contributed by atoms with Gasteiger partial charge in [0.15, 0.2) is 34.3 Å². The summed E-state index contributed by atoms with van der Waals surface area (Å²) < 4.78 is 109. The number of carbonyl (C=O) groups is 3. The molecule has 1 aliphatic heterocycles. The van der Waals surface area contributed by atoms with Crippen LogP contribution in [0, 0.1) is 19.7 Å². The quantitative estimate of drug-likeness (QED) is 0.00679. The Morgan fingerprint density at radius 3 is 1.20 bits per heavy atom. The maximum absolute atomic E-state index is 12.8. The van der Waals surface area contributed by atoms with Crippen LogP contribution < -0.4 is 22.1 Å². The monoisotopic (exact) mass is 2080 g/mol. The highest BCUT2D eigenvalue weighted by Crippen LogP contribution is 2.51. The van der Waals surface area contributed by atoms with E-state index in [0.29, 0.717) is 67.7 Å². The molecule has 1 saturated heterocycles. The van der Waals surface area contributed by atoms with E-state index >= 15 is 0 Å². The number of alkyl carbamates (subject to hydrolysis) is 1. The van der Waals surface area contributed by atoms with Crippen LogP contribution in [0.4, 0.5) is 48.2 Å². The van der Waals surface area contributed by atoms with Gasteiger partial charge in [-0.05, 0) is 254 Å². The second-order valence-corrected chi connectivity index (χ2v) is 39.6. The van der Waals surface area contributed by atoms with Gasteiger partial charge in [-0.15, -0.1) is 19.0 Å². The molecule has 36 nitrogen and oxygen atoms in total. The summed E-state index contributed by atoms with van der Waals surface area (Å²) >= 11 is 3.15. The maximum atomic E-state index is 12.8. The average Bonchev–Trinajstić information content (AvgIpc) is 1.63. The number of halogens is 8. The van der Waals surface area contributed by atoms with Crippen molar-refractivity contribution in [1.29, 1.82) is 0 Å². The Morgan fingerprint density at radius 2 is 0.869 bits per heavy atom. The van der Waals surface area contributed by atoms with E-state index in [1.807, 2.05) is 112 Å². The zero-order chi connectivity index (χ0) is 106. The Kier molecular flexibility index (Phi) is 37.0. The van der Waals surface area contributed by atoms with E-state index in [-0.39, 0.29) is 81.3 Å². The zero-order valence-corrected chi connectivity index (χ0v) is 86.1. The van der Waals surface area contributed by atoms with E-state index in [1.54, 1.807) is 99.7 Å². The fraction of sp³-hybridized carbons (Fsp3) is 0.420. The summed E-state index contributed by atoms with van der Waals surface area (Å²) in [6, 6.07) is 25.3. The molecule has 6 aliphatic rings. The number of oxime groups is 1. The molecule has 8 N–H and O–H groups in total. The number of allylic oxidation sites excluding steroid dienone is 2. The molecule has 6 fully saturated rings. The van der Waals surface area contributed by atoms with Crippen molar-refractivity contribution >= 4 is 81.9 Å². The van der Waals surface area contributed by atoms with Crippen molar-refractivity contribution < 1.29 is 78.7 Å². The van der Waals surface area contributed by atoms with Crippen LogP contribution in [-0.2, 0) is 67.6 Å². The molecule has 3 atom stereocenters. The molecular formula is C100H116BBrClF6N25O11. The number of ether oxygens (including phenoxy) is 1. The summed E-state index contributed by atoms with van der Waals surface area (Å²) in [6.07, 6.45) is 13.7. The summed E-state index contributed by atoms with van der Waals surface area (Å²) in [5.41, 5.74) is 21.1. The summed E-state index contributed by atoms with van der Waals surface area (Å²) in [4.78, 5) is 87.2. The molecule has 13 heterocycles. The van der Waals surface area contributed by atoms with E-state index in [4.69, 9.17) is 69.1 Å². The number of nitrogens with one attached hydrogen (secondary N) is 2. The summed E-state index contributed by atoms with van der Waals surface area (Å²) in [5, 5.41) is 43.5. The molecule has 0 bridgehead atoms. The number of hydrogen-bond donors (Lipinski definition) is 6. The lowest BCUT2D eigenvalue weighted by Crippen LogP contribution is -2.41. The number of aryl methyl sites for hydroxylation is 2. The van der Waals surface area contributed by atoms with Crippen molar-refractivity contribution in [1.82, 2.24) is 95.5 Å². The molecule has 145 heavy (non-hydrogen) atoms. The molecule has 2 amide bonds. The van der Waals surface area contributed by atoms with E-state index < -0.39 is 65.1 Å². The van der Waals surface area contributed by atoms with Gasteiger partial charge >= 0.3 is 31.5 Å². The Morgan fingerprint density at radius 1 is 0.524 bits per heavy atom. The standard InChI is InChI=1S/C19H19F3N6O2.C18H24N4O3.C13H16N4O.C10H13N3O.C10H10N2.C9H17BO2.C9H8N2.C6H3BrN2.C6H5F3N2O2.ClH/c1-10(24-16(29)12-9-14(19(20,21)22)26-28(12)3)17-25-15(27-30-17)11-4-7-23-13(8-11)18(2)5-6-18;1-11(20-16(23)24-17(2,3)4)15-21-14(22-25-15)12-6-9-19-13(10-12)18(5)7-8-18;1-8(14)12-16-11(17-18-12)9-3-6-15-10(7-9)13(2)4-5-13;1-10(3-4-10)8-6-7(2-5-12-8)9(11)13-14;1-10(4-5-10)9-7-8(11-2)3-6-12-9;1-7(2)10-11-8(3,4)9(5,6)12-10;1-7(2)9-6-8(10-3)4-5-11-9;1-8-5-2-3-9-6(7)4-5;1-11-3(5(12)13)2-4(10-11)6(7,8)9;/h4,7-10H,5-6H2,1-3H3,(H,24,29);6,9-11H,7-8H2,1-5H3,(H,20,23);3,6-8H,4-5,14H2,1-2H3;2,5-6,14H,3-4H2,1H3,(H2,11,13);3,6-7H,4-5H2,1H3;1H2,2-6H3;4-6H,1H2,2H3;2-4H;2H,1H3,(H,12,13);1H/t10-;11-;8-;;;;;;;/m000......./s1. The number of alkyl halides is 6. The number of rotatable bonds is 18. The number of hydrogen-bond acceptors (Lipinski definition) is 27. The molecule has 5 aliphatic carbocycles. The van der Waals surface area contributed by atoms with E-state index in [9.17, 15) is 40.7 Å². The smallest absolute Gasteiger partial charge is 0.477 e. The fourth-order valence-electron chi connectivity index (χ4n) is 13.0. The number of carboxylic acid groups (broad SMARTS) is 1. The first-order valence-corrected chi connectivity index (χ1v) is 46.4. The minimum absolute atomic E-state index is 0. The molecule has 5 saturated carbocycles. The molecule has 766 valence electrons. The number of carbonyl (C=O) groups excluding carboxylic acids is 2. The van der Waals surface area contributed by atoms with Gasteiger partial charge in [-0.1, -0.05) is 67.3 Å². The summed E-state index contributed by atoms with van der Waals surface area (Å²) in [7, 11) is 2.16. The van der Waals surface area contributed by atoms with Crippen molar-refractivity contribution in [2.75, 3.05) is 0 Å². The van der Waals surface area contributed by atoms with Gasteiger partial charge in [-0.2, -0.15) is 51.5 Å². The van der Waals surface area contributed by atoms with Crippen LogP contribution in [-0.4, -0.2) is 143 Å². The van der Waals surface area contributed by atoms with Crippen LogP contribution in [0.15, 0.2) is 182 Å². The van der Waals surface area contributed by atoms with Crippen LogP contribution in [0.5, 0.6) is 0 Å². The van der Waals surface area contributed by atoms with Crippen LogP contribution in [0.25, 0.3) is 54.3 Å². The molecule has 18 rings (SSSR count). The Labute approximate surface area is 850 Å². The summed E-state index contributed by atoms with van der Waals surface area (Å²) in [5.74, 6) is 0.296. The average molecular weight is 2080 g/mol. The van der Waals surface area contributed by atoms with Crippen molar-refractivity contribution in [2.24, 2.45) is 30.7 Å². The molecule has 12 aromatic rings. The zero-order valence-electron chi connectivity index (χ0n) is 83.7. The fourth-order valence-corrected chi connectivity index (χ4v) is 13.4. The van der Waals surface area contributed by atoms with Gasteiger partial charge in [-0.25, -0.2) is 24.1 Å². The first-order valence-electron chi connectivity index (χ1n) is 45.6. The number of amidine groups is 1. The number of aromatic nitrogens is 17. The number of aromatic carboxylic acids is 1. The minimum Gasteiger partial charge on any atom is -0.477 e. The first kappa shape index (κ1) is 114. The van der Waals surface area contributed by atoms with Gasteiger partial charge in [0.2, 0.25) is 35.1 Å². The van der Waals surface area contributed by atoms with Crippen molar-refractivity contribution in [3.8, 4) is 34.2 Å². The number of nitrogens with two attached hydrogens (primary N) is 2. The number of carboxylic acids is 1. The predicted molar refractivity (Wildman–Crippen MR) is 534 cm³/mol. The predicted octanol–water partition coefficient (Wildman–Crippen LogP) is 22.1. The normalized spacial score (nSPS) is 16.4. The van der Waals surface area contributed by atoms with Crippen molar-refractivity contribution in [3.05, 3.63) is 278 Å². The molecule has 0 spiro atoms. The van der Waals surface area contributed by atoms with Gasteiger partial charge < -0.3 is 60.0 Å². The SMILES string of the molecule is C=C(C)B1OC(C)(C)C(C)(C)O1.CC1(c2cc(C(N)=NO)ccn2)CC1.C[C@H](N)c1nc(-c2ccnc(C3(C)CC3)c2)no1.C[C@H](NC(=O)OC(C)(C)C)c1nc(-c2ccnc(C3(C)CC3)c2)no1.C[C@H](NC(=O)c1cc(C(F)(F)F)nn1C)c1nc(-c2ccnc(C3(C)CC3)c2)no1.Cl.Cn1nc(C(F)(F)F)cc1C(=O)O.[C-]#[N+]c1ccnc(Br)c1.[C-]#[N+]c1ccnc(C(=C)C)c1.[C-]#[N+]c1ccnc(C2(C)CC2)c1.